The third kappa shape index (κ3) is 3.74. The highest BCUT2D eigenvalue weighted by atomic mass is 16.5. The number of likely N-dealkylation sites (tertiary alicyclic amines) is 1. The smallest absolute Gasteiger partial charge is 0.326 e. The van der Waals surface area contributed by atoms with Gasteiger partial charge in [0.05, 0.1) is 18.4 Å². The molecule has 2 heterocycles. The Morgan fingerprint density at radius 1 is 1.33 bits per heavy atom. The van der Waals surface area contributed by atoms with E-state index in [2.05, 4.69) is 5.16 Å². The van der Waals surface area contributed by atoms with Crippen LogP contribution in [0.5, 0.6) is 11.5 Å². The number of carbonyl (C=O) groups is 2. The van der Waals surface area contributed by atoms with E-state index >= 15 is 0 Å². The number of nitrogens with zero attached hydrogens (tertiary/aromatic N) is 2. The predicted octanol–water partition coefficient (Wildman–Crippen LogP) is 2.57. The number of hydrogen-bond donors (Lipinski definition) is 1. The Morgan fingerprint density at radius 2 is 2.11 bits per heavy atom. The highest BCUT2D eigenvalue weighted by Crippen LogP contribution is 2.31. The second-order valence-electron chi connectivity index (χ2n) is 6.45. The maximum absolute atomic E-state index is 12.7. The number of hydrogen-bond acceptors (Lipinski definition) is 6. The minimum Gasteiger partial charge on any atom is -0.493 e. The molecule has 3 rings (SSSR count). The van der Waals surface area contributed by atoms with Gasteiger partial charge in [0.1, 0.15) is 18.4 Å². The van der Waals surface area contributed by atoms with Gasteiger partial charge in [0, 0.05) is 12.1 Å². The second kappa shape index (κ2) is 7.69. The van der Waals surface area contributed by atoms with Crippen LogP contribution < -0.4 is 9.47 Å². The number of carbonyl (C=O) groups excluding carboxylic acids is 1. The van der Waals surface area contributed by atoms with Crippen LogP contribution >= 0.6 is 0 Å². The standard InChI is InChI=1S/C19H22N2O6/c1-11-14(12(2)27-20-11)10-26-16-7-6-13(9-17(16)25-3)18(22)21-8-4-5-15(21)19(23)24/h6-7,9,15H,4-5,8,10H2,1-3H3,(H,23,24)/t15-/m1/s1. The Balaban J connectivity index is 1.78. The van der Waals surface area contributed by atoms with Gasteiger partial charge < -0.3 is 24.0 Å². The quantitative estimate of drug-likeness (QED) is 0.829. The molecule has 0 spiro atoms. The third-order valence-electron chi connectivity index (χ3n) is 4.76. The van der Waals surface area contributed by atoms with Crippen molar-refractivity contribution in [3.8, 4) is 11.5 Å². The van der Waals surface area contributed by atoms with E-state index in [9.17, 15) is 14.7 Å². The summed E-state index contributed by atoms with van der Waals surface area (Å²) in [5, 5.41) is 13.2. The van der Waals surface area contributed by atoms with Gasteiger partial charge in [-0.25, -0.2) is 4.79 Å². The van der Waals surface area contributed by atoms with Gasteiger partial charge in [0.25, 0.3) is 5.91 Å². The summed E-state index contributed by atoms with van der Waals surface area (Å²) in [5.74, 6) is 0.263. The van der Waals surface area contributed by atoms with E-state index in [1.54, 1.807) is 18.2 Å². The average molecular weight is 374 g/mol. The van der Waals surface area contributed by atoms with Gasteiger partial charge >= 0.3 is 5.97 Å². The predicted molar refractivity (Wildman–Crippen MR) is 95.0 cm³/mol. The van der Waals surface area contributed by atoms with Crippen LogP contribution in [0.2, 0.25) is 0 Å². The number of aliphatic carboxylic acids is 1. The summed E-state index contributed by atoms with van der Waals surface area (Å²) in [4.78, 5) is 25.4. The van der Waals surface area contributed by atoms with Crippen molar-refractivity contribution in [3.05, 3.63) is 40.8 Å². The van der Waals surface area contributed by atoms with E-state index in [0.717, 1.165) is 11.3 Å². The molecule has 1 aliphatic heterocycles. The first-order valence-corrected chi connectivity index (χ1v) is 8.68. The summed E-state index contributed by atoms with van der Waals surface area (Å²) in [7, 11) is 1.49. The maximum Gasteiger partial charge on any atom is 0.326 e. The first-order valence-electron chi connectivity index (χ1n) is 8.68. The average Bonchev–Trinajstić information content (AvgIpc) is 3.27. The molecule has 0 unspecified atom stereocenters. The highest BCUT2D eigenvalue weighted by molar-refractivity contribution is 5.97. The van der Waals surface area contributed by atoms with E-state index in [0.29, 0.717) is 42.2 Å². The maximum atomic E-state index is 12.7. The molecule has 1 amide bonds. The molecule has 1 atom stereocenters. The molecule has 0 radical (unpaired) electrons. The van der Waals surface area contributed by atoms with E-state index in [-0.39, 0.29) is 12.5 Å². The van der Waals surface area contributed by atoms with Crippen LogP contribution in [0.3, 0.4) is 0 Å². The van der Waals surface area contributed by atoms with Crippen LogP contribution in [-0.2, 0) is 11.4 Å². The number of ether oxygens (including phenoxy) is 2. The van der Waals surface area contributed by atoms with Gasteiger partial charge in [-0.2, -0.15) is 0 Å². The number of rotatable bonds is 6. The minimum absolute atomic E-state index is 0.262. The third-order valence-corrected chi connectivity index (χ3v) is 4.76. The molecule has 144 valence electrons. The molecule has 1 aromatic heterocycles. The fraction of sp³-hybridized carbons (Fsp3) is 0.421. The zero-order chi connectivity index (χ0) is 19.6. The summed E-state index contributed by atoms with van der Waals surface area (Å²) in [6, 6.07) is 4.06. The first-order chi connectivity index (χ1) is 12.9. The van der Waals surface area contributed by atoms with Crippen LogP contribution in [0.15, 0.2) is 22.7 Å². The van der Waals surface area contributed by atoms with Gasteiger partial charge in [-0.15, -0.1) is 0 Å². The molecule has 2 aromatic rings. The number of carboxylic acid groups (broad SMARTS) is 1. The van der Waals surface area contributed by atoms with Crippen molar-refractivity contribution >= 4 is 11.9 Å². The molecule has 1 fully saturated rings. The zero-order valence-corrected chi connectivity index (χ0v) is 15.5. The van der Waals surface area contributed by atoms with Crippen LogP contribution in [-0.4, -0.2) is 46.7 Å². The Kier molecular flexibility index (Phi) is 5.34. The van der Waals surface area contributed by atoms with Gasteiger partial charge in [0.2, 0.25) is 0 Å². The second-order valence-corrected chi connectivity index (χ2v) is 6.45. The number of methoxy groups -OCH3 is 1. The van der Waals surface area contributed by atoms with Crippen LogP contribution in [0, 0.1) is 13.8 Å². The lowest BCUT2D eigenvalue weighted by atomic mass is 10.1. The van der Waals surface area contributed by atoms with Gasteiger partial charge in [-0.1, -0.05) is 5.16 Å². The largest absolute Gasteiger partial charge is 0.493 e. The van der Waals surface area contributed by atoms with Crippen LogP contribution in [0.1, 0.15) is 40.2 Å². The summed E-state index contributed by atoms with van der Waals surface area (Å²) >= 11 is 0. The molecule has 1 aliphatic rings. The Bertz CT molecular complexity index is 840. The molecule has 8 heteroatoms. The molecule has 1 saturated heterocycles. The van der Waals surface area contributed by atoms with E-state index in [1.165, 1.54) is 12.0 Å². The zero-order valence-electron chi connectivity index (χ0n) is 15.5. The number of amides is 1. The van der Waals surface area contributed by atoms with Crippen molar-refractivity contribution in [2.45, 2.75) is 39.3 Å². The first kappa shape index (κ1) is 18.8. The summed E-state index contributed by atoms with van der Waals surface area (Å²) < 4.78 is 16.3. The molecule has 1 aromatic carbocycles. The summed E-state index contributed by atoms with van der Waals surface area (Å²) in [5.41, 5.74) is 1.98. The number of carboxylic acids is 1. The lowest BCUT2D eigenvalue weighted by Crippen LogP contribution is -2.40. The Morgan fingerprint density at radius 3 is 2.74 bits per heavy atom. The minimum atomic E-state index is -0.979. The lowest BCUT2D eigenvalue weighted by molar-refractivity contribution is -0.141. The molecular weight excluding hydrogens is 352 g/mol. The molecule has 1 N–H and O–H groups in total. The highest BCUT2D eigenvalue weighted by Gasteiger charge is 2.34. The number of aryl methyl sites for hydroxylation is 2. The molecule has 8 nitrogen and oxygen atoms in total. The molecule has 0 aliphatic carbocycles. The molecule has 27 heavy (non-hydrogen) atoms. The van der Waals surface area contributed by atoms with Gasteiger partial charge in [-0.3, -0.25) is 4.79 Å². The van der Waals surface area contributed by atoms with E-state index < -0.39 is 12.0 Å². The molecule has 0 saturated carbocycles. The normalized spacial score (nSPS) is 16.4. The van der Waals surface area contributed by atoms with Crippen molar-refractivity contribution in [2.75, 3.05) is 13.7 Å². The van der Waals surface area contributed by atoms with Crippen molar-refractivity contribution in [2.24, 2.45) is 0 Å². The van der Waals surface area contributed by atoms with Crippen LogP contribution in [0.25, 0.3) is 0 Å². The summed E-state index contributed by atoms with van der Waals surface area (Å²) in [6.07, 6.45) is 1.15. The lowest BCUT2D eigenvalue weighted by Gasteiger charge is -2.22. The fourth-order valence-corrected chi connectivity index (χ4v) is 3.21. The Labute approximate surface area is 156 Å². The van der Waals surface area contributed by atoms with Crippen molar-refractivity contribution in [1.29, 1.82) is 0 Å². The topological polar surface area (TPSA) is 102 Å². The fourth-order valence-electron chi connectivity index (χ4n) is 3.21. The molecular formula is C19H22N2O6. The van der Waals surface area contributed by atoms with E-state index in [4.69, 9.17) is 14.0 Å². The van der Waals surface area contributed by atoms with Crippen molar-refractivity contribution in [3.63, 3.8) is 0 Å². The van der Waals surface area contributed by atoms with Gasteiger partial charge in [-0.05, 0) is 44.9 Å². The molecule has 0 bridgehead atoms. The SMILES string of the molecule is COc1cc(C(=O)N2CCC[C@@H]2C(=O)O)ccc1OCc1c(C)noc1C. The number of benzene rings is 1. The summed E-state index contributed by atoms with van der Waals surface area (Å²) in [6.45, 7) is 4.34. The van der Waals surface area contributed by atoms with Crippen molar-refractivity contribution in [1.82, 2.24) is 10.1 Å². The van der Waals surface area contributed by atoms with E-state index in [1.807, 2.05) is 13.8 Å². The van der Waals surface area contributed by atoms with Crippen molar-refractivity contribution < 1.29 is 28.7 Å². The van der Waals surface area contributed by atoms with Gasteiger partial charge in [0.15, 0.2) is 11.5 Å². The Hall–Kier alpha value is -3.03. The van der Waals surface area contributed by atoms with Crippen LogP contribution in [0.4, 0.5) is 0 Å². The monoisotopic (exact) mass is 374 g/mol. The number of aromatic nitrogens is 1.